The van der Waals surface area contributed by atoms with Crippen LogP contribution in [0.3, 0.4) is 0 Å². The molecular formula is C16H28Br2O2. The Bertz CT molecular complexity index is 229. The molecule has 0 saturated heterocycles. The average molecular weight is 412 g/mol. The van der Waals surface area contributed by atoms with E-state index in [4.69, 9.17) is 0 Å². The minimum atomic E-state index is 0.137. The van der Waals surface area contributed by atoms with Crippen molar-refractivity contribution >= 4 is 41.2 Å². The van der Waals surface area contributed by atoms with Crippen LogP contribution >= 0.6 is 31.9 Å². The molecule has 0 saturated carbocycles. The maximum absolute atomic E-state index is 10.7. The molecule has 0 aromatic rings. The number of hydrogen-bond donors (Lipinski definition) is 0. The van der Waals surface area contributed by atoms with Crippen molar-refractivity contribution < 1.29 is 9.59 Å². The molecule has 0 aliphatic heterocycles. The number of halogens is 2. The number of rotatable bonds is 15. The lowest BCUT2D eigenvalue weighted by Gasteiger charge is -2.02. The zero-order valence-electron chi connectivity index (χ0n) is 12.5. The number of unbranched alkanes of at least 4 members (excludes halogenated alkanes) is 11. The second-order valence-corrected chi connectivity index (χ2v) is 7.22. The van der Waals surface area contributed by atoms with Gasteiger partial charge in [0.2, 0.25) is 0 Å². The highest BCUT2D eigenvalue weighted by atomic mass is 79.9. The summed E-state index contributed by atoms with van der Waals surface area (Å²) in [5, 5.41) is 0. The monoisotopic (exact) mass is 410 g/mol. The smallest absolute Gasteiger partial charge is 0.197 e. The van der Waals surface area contributed by atoms with Crippen LogP contribution in [0.5, 0.6) is 0 Å². The van der Waals surface area contributed by atoms with Crippen molar-refractivity contribution in [1.82, 2.24) is 0 Å². The van der Waals surface area contributed by atoms with Crippen LogP contribution in [-0.2, 0) is 9.59 Å². The summed E-state index contributed by atoms with van der Waals surface area (Å²) in [6.45, 7) is 0. The molecule has 0 atom stereocenters. The first-order chi connectivity index (χ1) is 9.63. The zero-order valence-corrected chi connectivity index (χ0v) is 15.6. The van der Waals surface area contributed by atoms with Gasteiger partial charge >= 0.3 is 0 Å². The molecule has 0 rings (SSSR count). The van der Waals surface area contributed by atoms with E-state index in [-0.39, 0.29) is 9.39 Å². The maximum atomic E-state index is 10.7. The standard InChI is InChI=1S/C16H28Br2O2/c17-15(19)13-11-9-7-5-3-1-2-4-6-8-10-12-14-16(18)20/h1-14H2. The highest BCUT2D eigenvalue weighted by Crippen LogP contribution is 2.13. The predicted molar refractivity (Wildman–Crippen MR) is 92.5 cm³/mol. The van der Waals surface area contributed by atoms with Gasteiger partial charge in [-0.25, -0.2) is 0 Å². The van der Waals surface area contributed by atoms with E-state index in [1.54, 1.807) is 0 Å². The molecule has 0 aliphatic rings. The van der Waals surface area contributed by atoms with Crippen molar-refractivity contribution in [3.63, 3.8) is 0 Å². The zero-order chi connectivity index (χ0) is 15.1. The summed E-state index contributed by atoms with van der Waals surface area (Å²) < 4.78 is 0.274. The Kier molecular flexibility index (Phi) is 15.9. The van der Waals surface area contributed by atoms with Crippen molar-refractivity contribution in [2.45, 2.75) is 89.9 Å². The van der Waals surface area contributed by atoms with Crippen LogP contribution in [-0.4, -0.2) is 9.39 Å². The average Bonchev–Trinajstić information content (AvgIpc) is 2.38. The van der Waals surface area contributed by atoms with Gasteiger partial charge in [-0.3, -0.25) is 9.59 Å². The second kappa shape index (κ2) is 15.7. The van der Waals surface area contributed by atoms with E-state index in [2.05, 4.69) is 31.9 Å². The van der Waals surface area contributed by atoms with Gasteiger partial charge in [0.05, 0.1) is 0 Å². The Labute approximate surface area is 140 Å². The van der Waals surface area contributed by atoms with Crippen LogP contribution in [0, 0.1) is 0 Å². The van der Waals surface area contributed by atoms with Crippen LogP contribution in [0.25, 0.3) is 0 Å². The summed E-state index contributed by atoms with van der Waals surface area (Å²) in [5.41, 5.74) is 0. The van der Waals surface area contributed by atoms with Gasteiger partial charge in [0.15, 0.2) is 9.39 Å². The summed E-state index contributed by atoms with van der Waals surface area (Å²) in [6.07, 6.45) is 16.3. The third kappa shape index (κ3) is 18.3. The highest BCUT2D eigenvalue weighted by molar-refractivity contribution is 9.18. The van der Waals surface area contributed by atoms with Crippen molar-refractivity contribution in [3.05, 3.63) is 0 Å². The largest absolute Gasteiger partial charge is 0.287 e. The topological polar surface area (TPSA) is 34.1 Å². The molecule has 0 aliphatic carbocycles. The third-order valence-electron chi connectivity index (χ3n) is 3.50. The molecule has 0 fully saturated rings. The van der Waals surface area contributed by atoms with E-state index < -0.39 is 0 Å². The fourth-order valence-corrected chi connectivity index (χ4v) is 2.86. The van der Waals surface area contributed by atoms with Crippen LogP contribution in [0.15, 0.2) is 0 Å². The van der Waals surface area contributed by atoms with E-state index in [0.717, 1.165) is 12.8 Å². The molecule has 118 valence electrons. The molecule has 0 amide bonds. The molecule has 0 aromatic carbocycles. The third-order valence-corrected chi connectivity index (χ3v) is 4.29. The number of carbonyl (C=O) groups excluding carboxylic acids is 2. The molecular weight excluding hydrogens is 384 g/mol. The Hall–Kier alpha value is 0.300. The van der Waals surface area contributed by atoms with Gasteiger partial charge < -0.3 is 0 Å². The molecule has 0 N–H and O–H groups in total. The molecule has 2 nitrogen and oxygen atoms in total. The van der Waals surface area contributed by atoms with Gasteiger partial charge in [-0.1, -0.05) is 64.2 Å². The van der Waals surface area contributed by atoms with Gasteiger partial charge in [0.1, 0.15) is 0 Å². The van der Waals surface area contributed by atoms with E-state index >= 15 is 0 Å². The Morgan fingerprint density at radius 1 is 0.450 bits per heavy atom. The molecule has 0 aromatic heterocycles. The molecule has 0 bridgehead atoms. The van der Waals surface area contributed by atoms with Crippen molar-refractivity contribution in [2.75, 3.05) is 0 Å². The van der Waals surface area contributed by atoms with E-state index in [9.17, 15) is 9.59 Å². The maximum Gasteiger partial charge on any atom is 0.197 e. The molecule has 20 heavy (non-hydrogen) atoms. The van der Waals surface area contributed by atoms with E-state index in [0.29, 0.717) is 12.8 Å². The first kappa shape index (κ1) is 20.3. The first-order valence-electron chi connectivity index (χ1n) is 7.99. The minimum absolute atomic E-state index is 0.137. The molecule has 0 unspecified atom stereocenters. The highest BCUT2D eigenvalue weighted by Gasteiger charge is 1.97. The van der Waals surface area contributed by atoms with Gasteiger partial charge in [-0.2, -0.15) is 0 Å². The Balaban J connectivity index is 2.99. The summed E-state index contributed by atoms with van der Waals surface area (Å²) in [7, 11) is 0. The normalized spacial score (nSPS) is 10.7. The molecule has 0 spiro atoms. The molecule has 0 radical (unpaired) electrons. The second-order valence-electron chi connectivity index (χ2n) is 5.45. The van der Waals surface area contributed by atoms with Crippen LogP contribution in [0.4, 0.5) is 0 Å². The Morgan fingerprint density at radius 2 is 0.650 bits per heavy atom. The van der Waals surface area contributed by atoms with Crippen molar-refractivity contribution in [1.29, 1.82) is 0 Å². The fraction of sp³-hybridized carbons (Fsp3) is 0.875. The van der Waals surface area contributed by atoms with Gasteiger partial charge in [-0.15, -0.1) is 0 Å². The van der Waals surface area contributed by atoms with E-state index in [1.165, 1.54) is 64.2 Å². The minimum Gasteiger partial charge on any atom is -0.287 e. The number of carbonyl (C=O) groups is 2. The Morgan fingerprint density at radius 3 is 0.850 bits per heavy atom. The van der Waals surface area contributed by atoms with E-state index in [1.807, 2.05) is 0 Å². The SMILES string of the molecule is O=C(Br)CCCCCCCCCCCCCCC(=O)Br. The quantitative estimate of drug-likeness (QED) is 0.234. The fourth-order valence-electron chi connectivity index (χ4n) is 2.30. The molecule has 0 heterocycles. The first-order valence-corrected chi connectivity index (χ1v) is 9.58. The van der Waals surface area contributed by atoms with Crippen molar-refractivity contribution in [2.24, 2.45) is 0 Å². The predicted octanol–water partition coefficient (Wildman–Crippen LogP) is 6.29. The molecule has 4 heteroatoms. The van der Waals surface area contributed by atoms with Gasteiger partial charge in [-0.05, 0) is 44.7 Å². The van der Waals surface area contributed by atoms with Crippen LogP contribution < -0.4 is 0 Å². The lowest BCUT2D eigenvalue weighted by Crippen LogP contribution is -1.87. The summed E-state index contributed by atoms with van der Waals surface area (Å²) in [5.74, 6) is 0. The summed E-state index contributed by atoms with van der Waals surface area (Å²) in [6, 6.07) is 0. The van der Waals surface area contributed by atoms with Gasteiger partial charge in [0, 0.05) is 12.8 Å². The summed E-state index contributed by atoms with van der Waals surface area (Å²) >= 11 is 5.91. The summed E-state index contributed by atoms with van der Waals surface area (Å²) in [4.78, 5) is 21.4. The van der Waals surface area contributed by atoms with Crippen molar-refractivity contribution in [3.8, 4) is 0 Å². The van der Waals surface area contributed by atoms with Crippen LogP contribution in [0.2, 0.25) is 0 Å². The lowest BCUT2D eigenvalue weighted by atomic mass is 10.0. The lowest BCUT2D eigenvalue weighted by molar-refractivity contribution is -0.111. The van der Waals surface area contributed by atoms with Gasteiger partial charge in [0.25, 0.3) is 0 Å². The van der Waals surface area contributed by atoms with Crippen LogP contribution in [0.1, 0.15) is 89.9 Å². The number of hydrogen-bond acceptors (Lipinski definition) is 2.